The van der Waals surface area contributed by atoms with Gasteiger partial charge < -0.3 is 10.8 Å². The van der Waals surface area contributed by atoms with Gasteiger partial charge in [0.05, 0.1) is 11.4 Å². The molecule has 1 aromatic rings. The third kappa shape index (κ3) is 2.80. The van der Waals surface area contributed by atoms with Crippen molar-refractivity contribution >= 4 is 21.6 Å². The van der Waals surface area contributed by atoms with Crippen molar-refractivity contribution in [3.8, 4) is 5.75 Å². The minimum absolute atomic E-state index is 0.0775. The first-order chi connectivity index (χ1) is 5.88. The molecule has 0 aliphatic heterocycles. The standard InChI is InChI=1S/C6H9N3O3S/c7-5-3-4(1-2-6(5)10)9-13(8,11)12/h1-3,9-10H,7H2,(H2,8,11,12). The second-order valence-electron chi connectivity index (χ2n) is 2.42. The quantitative estimate of drug-likeness (QED) is 0.297. The molecule has 7 heteroatoms. The van der Waals surface area contributed by atoms with Crippen LogP contribution in [0.4, 0.5) is 11.4 Å². The van der Waals surface area contributed by atoms with Crippen molar-refractivity contribution in [2.75, 3.05) is 10.5 Å². The van der Waals surface area contributed by atoms with Crippen LogP contribution < -0.4 is 15.6 Å². The number of nitrogens with one attached hydrogen (secondary N) is 1. The molecule has 0 atom stereocenters. The Kier molecular flexibility index (Phi) is 2.30. The Morgan fingerprint density at radius 2 is 2.00 bits per heavy atom. The Labute approximate surface area is 75.4 Å². The molecule has 1 aromatic carbocycles. The van der Waals surface area contributed by atoms with Crippen LogP contribution in [0.3, 0.4) is 0 Å². The van der Waals surface area contributed by atoms with Gasteiger partial charge in [-0.15, -0.1) is 0 Å². The van der Waals surface area contributed by atoms with Crippen molar-refractivity contribution in [3.05, 3.63) is 18.2 Å². The maximum atomic E-state index is 10.6. The largest absolute Gasteiger partial charge is 0.506 e. The fourth-order valence-corrected chi connectivity index (χ4v) is 1.24. The third-order valence-electron chi connectivity index (χ3n) is 1.29. The molecule has 13 heavy (non-hydrogen) atoms. The molecule has 72 valence electrons. The predicted octanol–water partition coefficient (Wildman–Crippen LogP) is -0.410. The average Bonchev–Trinajstić information content (AvgIpc) is 1.94. The minimum Gasteiger partial charge on any atom is -0.506 e. The molecule has 0 spiro atoms. The van der Waals surface area contributed by atoms with Crippen molar-refractivity contribution < 1.29 is 13.5 Å². The Morgan fingerprint density at radius 3 is 2.46 bits per heavy atom. The molecule has 0 aliphatic rings. The highest BCUT2D eigenvalue weighted by Gasteiger charge is 2.03. The summed E-state index contributed by atoms with van der Waals surface area (Å²) in [5.41, 5.74) is 5.60. The molecule has 0 aliphatic carbocycles. The van der Waals surface area contributed by atoms with Crippen LogP contribution in [0.2, 0.25) is 0 Å². The number of rotatable bonds is 2. The molecule has 6 nitrogen and oxygen atoms in total. The van der Waals surface area contributed by atoms with Gasteiger partial charge in [-0.3, -0.25) is 4.72 Å². The van der Waals surface area contributed by atoms with Gasteiger partial charge in [0.1, 0.15) is 5.75 Å². The monoisotopic (exact) mass is 203 g/mol. The van der Waals surface area contributed by atoms with Crippen LogP contribution in [0.25, 0.3) is 0 Å². The Morgan fingerprint density at radius 1 is 1.38 bits per heavy atom. The first kappa shape index (κ1) is 9.62. The number of hydrogen-bond acceptors (Lipinski definition) is 4. The van der Waals surface area contributed by atoms with E-state index in [0.29, 0.717) is 0 Å². The van der Waals surface area contributed by atoms with Crippen LogP contribution in [0.5, 0.6) is 5.75 Å². The van der Waals surface area contributed by atoms with Crippen LogP contribution in [0.1, 0.15) is 0 Å². The van der Waals surface area contributed by atoms with E-state index in [1.54, 1.807) is 0 Å². The molecule has 1 rings (SSSR count). The summed E-state index contributed by atoms with van der Waals surface area (Å²) < 4.78 is 23.1. The summed E-state index contributed by atoms with van der Waals surface area (Å²) in [6, 6.07) is 3.87. The fraction of sp³-hybridized carbons (Fsp3) is 0. The molecule has 0 aromatic heterocycles. The smallest absolute Gasteiger partial charge is 0.296 e. The molecule has 0 saturated heterocycles. The van der Waals surface area contributed by atoms with Gasteiger partial charge >= 0.3 is 0 Å². The highest BCUT2D eigenvalue weighted by atomic mass is 32.2. The van der Waals surface area contributed by atoms with Gasteiger partial charge in [0, 0.05) is 0 Å². The highest BCUT2D eigenvalue weighted by molar-refractivity contribution is 7.90. The van der Waals surface area contributed by atoms with Gasteiger partial charge in [0.2, 0.25) is 0 Å². The predicted molar refractivity (Wildman–Crippen MR) is 49.2 cm³/mol. The summed E-state index contributed by atoms with van der Waals surface area (Å²) in [5.74, 6) is -0.111. The van der Waals surface area contributed by atoms with E-state index >= 15 is 0 Å². The molecule has 0 fully saturated rings. The van der Waals surface area contributed by atoms with E-state index in [-0.39, 0.29) is 17.1 Å². The van der Waals surface area contributed by atoms with Crippen molar-refractivity contribution in [3.63, 3.8) is 0 Å². The van der Waals surface area contributed by atoms with Crippen molar-refractivity contribution in [2.45, 2.75) is 0 Å². The lowest BCUT2D eigenvalue weighted by molar-refractivity contribution is 0.478. The molecule has 6 N–H and O–H groups in total. The van der Waals surface area contributed by atoms with E-state index in [9.17, 15) is 8.42 Å². The number of nitrogen functional groups attached to an aromatic ring is 1. The van der Waals surface area contributed by atoms with Crippen LogP contribution in [-0.2, 0) is 10.2 Å². The number of nitrogens with two attached hydrogens (primary N) is 2. The third-order valence-corrected chi connectivity index (χ3v) is 1.81. The lowest BCUT2D eigenvalue weighted by Gasteiger charge is -2.04. The first-order valence-electron chi connectivity index (χ1n) is 3.27. The minimum atomic E-state index is -3.79. The van der Waals surface area contributed by atoms with Crippen LogP contribution in [0, 0.1) is 0 Å². The summed E-state index contributed by atoms with van der Waals surface area (Å²) in [5, 5.41) is 13.7. The van der Waals surface area contributed by atoms with E-state index in [2.05, 4.69) is 0 Å². The number of benzene rings is 1. The van der Waals surface area contributed by atoms with E-state index < -0.39 is 10.2 Å². The zero-order valence-electron chi connectivity index (χ0n) is 6.56. The molecule has 0 heterocycles. The second kappa shape index (κ2) is 3.11. The molecule has 0 bridgehead atoms. The SMILES string of the molecule is Nc1cc(NS(N)(=O)=O)ccc1O. The Bertz CT molecular complexity index is 415. The topological polar surface area (TPSA) is 118 Å². The zero-order valence-corrected chi connectivity index (χ0v) is 7.38. The lowest BCUT2D eigenvalue weighted by Crippen LogP contribution is -2.21. The second-order valence-corrected chi connectivity index (χ2v) is 3.71. The molecule has 0 saturated carbocycles. The van der Waals surface area contributed by atoms with Gasteiger partial charge in [0.25, 0.3) is 10.2 Å². The Hall–Kier alpha value is -1.47. The average molecular weight is 203 g/mol. The summed E-state index contributed by atoms with van der Waals surface area (Å²) in [6.07, 6.45) is 0. The van der Waals surface area contributed by atoms with Gasteiger partial charge in [-0.25, -0.2) is 5.14 Å². The van der Waals surface area contributed by atoms with Gasteiger partial charge in [-0.1, -0.05) is 0 Å². The zero-order chi connectivity index (χ0) is 10.1. The number of hydrogen-bond donors (Lipinski definition) is 4. The van der Waals surface area contributed by atoms with Crippen LogP contribution in [-0.4, -0.2) is 13.5 Å². The van der Waals surface area contributed by atoms with Gasteiger partial charge in [0.15, 0.2) is 0 Å². The maximum Gasteiger partial charge on any atom is 0.296 e. The number of anilines is 2. The molecule has 0 amide bonds. The molecular weight excluding hydrogens is 194 g/mol. The maximum absolute atomic E-state index is 10.6. The van der Waals surface area contributed by atoms with E-state index in [1.165, 1.54) is 18.2 Å². The van der Waals surface area contributed by atoms with E-state index in [1.807, 2.05) is 4.72 Å². The van der Waals surface area contributed by atoms with Gasteiger partial charge in [-0.2, -0.15) is 8.42 Å². The van der Waals surface area contributed by atoms with Crippen LogP contribution in [0.15, 0.2) is 18.2 Å². The van der Waals surface area contributed by atoms with Crippen LogP contribution >= 0.6 is 0 Å². The molecule has 0 unspecified atom stereocenters. The summed E-state index contributed by atoms with van der Waals surface area (Å²) in [6.45, 7) is 0. The normalized spacial score (nSPS) is 11.2. The van der Waals surface area contributed by atoms with Crippen molar-refractivity contribution in [1.82, 2.24) is 0 Å². The fourth-order valence-electron chi connectivity index (χ4n) is 0.782. The van der Waals surface area contributed by atoms with Gasteiger partial charge in [-0.05, 0) is 18.2 Å². The van der Waals surface area contributed by atoms with Crippen molar-refractivity contribution in [1.29, 1.82) is 0 Å². The molecule has 0 radical (unpaired) electrons. The highest BCUT2D eigenvalue weighted by Crippen LogP contribution is 2.23. The lowest BCUT2D eigenvalue weighted by atomic mass is 10.3. The van der Waals surface area contributed by atoms with E-state index in [0.717, 1.165) is 0 Å². The summed E-state index contributed by atoms with van der Waals surface area (Å²) in [7, 11) is -3.79. The Balaban J connectivity index is 2.99. The van der Waals surface area contributed by atoms with E-state index in [4.69, 9.17) is 16.0 Å². The number of phenolic OH excluding ortho intramolecular Hbond substituents is 1. The molecular formula is C6H9N3O3S. The first-order valence-corrected chi connectivity index (χ1v) is 4.82. The number of aromatic hydroxyl groups is 1. The van der Waals surface area contributed by atoms with Crippen molar-refractivity contribution in [2.24, 2.45) is 5.14 Å². The summed E-state index contributed by atoms with van der Waals surface area (Å²) in [4.78, 5) is 0. The summed E-state index contributed by atoms with van der Waals surface area (Å²) >= 11 is 0. The number of phenols is 1.